The van der Waals surface area contributed by atoms with Crippen molar-refractivity contribution in [3.8, 4) is 17.3 Å². The average Bonchev–Trinajstić information content (AvgIpc) is 3.28. The zero-order valence-corrected chi connectivity index (χ0v) is 16.7. The van der Waals surface area contributed by atoms with Crippen LogP contribution in [0.5, 0.6) is 5.75 Å². The molecule has 1 amide bonds. The second kappa shape index (κ2) is 9.04. The third-order valence-corrected chi connectivity index (χ3v) is 4.44. The number of carbonyl (C=O) groups excluding carboxylic acids is 1. The molecule has 0 unspecified atom stereocenters. The van der Waals surface area contributed by atoms with Crippen LogP contribution in [-0.2, 0) is 20.2 Å². The van der Waals surface area contributed by atoms with Gasteiger partial charge in [-0.3, -0.25) is 14.6 Å². The second-order valence-electron chi connectivity index (χ2n) is 6.65. The lowest BCUT2D eigenvalue weighted by molar-refractivity contribution is 0.0931. The van der Waals surface area contributed by atoms with Gasteiger partial charge in [0.25, 0.3) is 5.91 Å². The van der Waals surface area contributed by atoms with Crippen molar-refractivity contribution in [2.75, 3.05) is 0 Å². The highest BCUT2D eigenvalue weighted by Crippen LogP contribution is 2.16. The Bertz CT molecular complexity index is 1240. The van der Waals surface area contributed by atoms with E-state index in [0.29, 0.717) is 11.5 Å². The Morgan fingerprint density at radius 1 is 1.13 bits per heavy atom. The van der Waals surface area contributed by atoms with Crippen molar-refractivity contribution in [1.82, 2.24) is 25.0 Å². The molecule has 0 saturated carbocycles. The van der Waals surface area contributed by atoms with Crippen molar-refractivity contribution in [1.29, 1.82) is 0 Å². The summed E-state index contributed by atoms with van der Waals surface area (Å²) in [4.78, 5) is 33.6. The van der Waals surface area contributed by atoms with Gasteiger partial charge in [-0.15, -0.1) is 0 Å². The molecule has 0 atom stereocenters. The number of pyridine rings is 2. The molecule has 0 aliphatic rings. The molecule has 9 heteroatoms. The van der Waals surface area contributed by atoms with Crippen LogP contribution in [0.25, 0.3) is 11.5 Å². The van der Waals surface area contributed by atoms with E-state index in [1.165, 1.54) is 16.8 Å². The van der Waals surface area contributed by atoms with E-state index in [-0.39, 0.29) is 35.9 Å². The summed E-state index contributed by atoms with van der Waals surface area (Å²) < 4.78 is 12.4. The van der Waals surface area contributed by atoms with Crippen LogP contribution in [0.3, 0.4) is 0 Å². The Balaban J connectivity index is 1.49. The normalized spacial score (nSPS) is 10.6. The van der Waals surface area contributed by atoms with Crippen molar-refractivity contribution in [3.05, 3.63) is 94.4 Å². The summed E-state index contributed by atoms with van der Waals surface area (Å²) >= 11 is 0. The topological polar surface area (TPSA) is 112 Å². The summed E-state index contributed by atoms with van der Waals surface area (Å²) in [6, 6.07) is 16.1. The standard InChI is InChI=1S/C22H19N5O4/c1-27-12-10-17(28)20(30-14-15-7-3-2-4-8-15)19(27)22(29)24-13-18-25-21(26-31-18)16-9-5-6-11-23-16/h2-12H,13-14H2,1H3,(H,24,29). The van der Waals surface area contributed by atoms with Gasteiger partial charge in [-0.1, -0.05) is 41.6 Å². The molecule has 0 radical (unpaired) electrons. The minimum absolute atomic E-state index is 0.0140. The highest BCUT2D eigenvalue weighted by atomic mass is 16.5. The van der Waals surface area contributed by atoms with Crippen LogP contribution in [-0.4, -0.2) is 25.6 Å². The summed E-state index contributed by atoms with van der Waals surface area (Å²) in [5, 5.41) is 6.56. The predicted molar refractivity (Wildman–Crippen MR) is 111 cm³/mol. The van der Waals surface area contributed by atoms with Crippen molar-refractivity contribution in [2.45, 2.75) is 13.2 Å². The maximum Gasteiger partial charge on any atom is 0.272 e. The molecule has 3 heterocycles. The molecule has 31 heavy (non-hydrogen) atoms. The van der Waals surface area contributed by atoms with E-state index in [0.717, 1.165) is 5.56 Å². The van der Waals surface area contributed by atoms with Crippen molar-refractivity contribution in [3.63, 3.8) is 0 Å². The van der Waals surface area contributed by atoms with Gasteiger partial charge >= 0.3 is 0 Å². The number of benzene rings is 1. The summed E-state index contributed by atoms with van der Waals surface area (Å²) in [6.45, 7) is 0.150. The number of ether oxygens (including phenoxy) is 1. The van der Waals surface area contributed by atoms with Gasteiger partial charge in [0.15, 0.2) is 11.4 Å². The zero-order valence-electron chi connectivity index (χ0n) is 16.7. The molecule has 0 aliphatic heterocycles. The van der Waals surface area contributed by atoms with Crippen LogP contribution in [0.1, 0.15) is 21.9 Å². The van der Waals surface area contributed by atoms with E-state index in [1.807, 2.05) is 36.4 Å². The van der Waals surface area contributed by atoms with Gasteiger partial charge in [-0.25, -0.2) is 0 Å². The van der Waals surface area contributed by atoms with Crippen molar-refractivity contribution < 1.29 is 14.1 Å². The molecule has 0 spiro atoms. The molecule has 0 aliphatic carbocycles. The van der Waals surface area contributed by atoms with Crippen LogP contribution in [0.15, 0.2) is 76.3 Å². The van der Waals surface area contributed by atoms with Gasteiger partial charge < -0.3 is 19.1 Å². The maximum absolute atomic E-state index is 12.8. The third-order valence-electron chi connectivity index (χ3n) is 4.44. The van der Waals surface area contributed by atoms with Gasteiger partial charge in [0.2, 0.25) is 17.1 Å². The lowest BCUT2D eigenvalue weighted by Crippen LogP contribution is -2.29. The zero-order chi connectivity index (χ0) is 21.6. The van der Waals surface area contributed by atoms with Crippen LogP contribution in [0, 0.1) is 0 Å². The van der Waals surface area contributed by atoms with Crippen LogP contribution in [0.4, 0.5) is 0 Å². The first-order valence-corrected chi connectivity index (χ1v) is 9.50. The predicted octanol–water partition coefficient (Wildman–Crippen LogP) is 2.34. The molecule has 0 bridgehead atoms. The first kappa shape index (κ1) is 20.0. The number of rotatable bonds is 7. The van der Waals surface area contributed by atoms with Crippen molar-refractivity contribution in [2.24, 2.45) is 7.05 Å². The smallest absolute Gasteiger partial charge is 0.272 e. The summed E-state index contributed by atoms with van der Waals surface area (Å²) in [5.74, 6) is 0.0115. The van der Waals surface area contributed by atoms with Gasteiger partial charge in [0, 0.05) is 25.5 Å². The fourth-order valence-electron chi connectivity index (χ4n) is 2.90. The average molecular weight is 417 g/mol. The Kier molecular flexibility index (Phi) is 5.84. The monoisotopic (exact) mass is 417 g/mol. The molecule has 4 aromatic rings. The van der Waals surface area contributed by atoms with Crippen molar-refractivity contribution >= 4 is 5.91 Å². The molecule has 1 N–H and O–H groups in total. The Hall–Kier alpha value is -4.27. The lowest BCUT2D eigenvalue weighted by Gasteiger charge is -2.14. The number of hydrogen-bond donors (Lipinski definition) is 1. The van der Waals surface area contributed by atoms with Crippen LogP contribution in [0.2, 0.25) is 0 Å². The largest absolute Gasteiger partial charge is 0.483 e. The van der Waals surface area contributed by atoms with Gasteiger partial charge in [-0.2, -0.15) is 4.98 Å². The molecule has 0 saturated heterocycles. The van der Waals surface area contributed by atoms with E-state index in [9.17, 15) is 9.59 Å². The number of aryl methyl sites for hydroxylation is 1. The number of nitrogens with one attached hydrogen (secondary N) is 1. The molecular weight excluding hydrogens is 398 g/mol. The highest BCUT2D eigenvalue weighted by Gasteiger charge is 2.20. The number of carbonyl (C=O) groups is 1. The van der Waals surface area contributed by atoms with Gasteiger partial charge in [0.05, 0.1) is 6.54 Å². The molecule has 4 rings (SSSR count). The number of hydrogen-bond acceptors (Lipinski definition) is 7. The first-order chi connectivity index (χ1) is 15.1. The summed E-state index contributed by atoms with van der Waals surface area (Å²) in [5.41, 5.74) is 1.17. The summed E-state index contributed by atoms with van der Waals surface area (Å²) in [6.07, 6.45) is 3.14. The van der Waals surface area contributed by atoms with E-state index < -0.39 is 5.91 Å². The molecule has 1 aromatic carbocycles. The Labute approximate surface area is 177 Å². The van der Waals surface area contributed by atoms with E-state index in [2.05, 4.69) is 20.4 Å². The molecule has 0 fully saturated rings. The summed E-state index contributed by atoms with van der Waals surface area (Å²) in [7, 11) is 1.66. The van der Waals surface area contributed by atoms with E-state index in [4.69, 9.17) is 9.26 Å². The fraction of sp³-hybridized carbons (Fsp3) is 0.136. The van der Waals surface area contributed by atoms with Crippen LogP contribution < -0.4 is 15.5 Å². The Morgan fingerprint density at radius 2 is 1.94 bits per heavy atom. The lowest BCUT2D eigenvalue weighted by atomic mass is 10.2. The third kappa shape index (κ3) is 4.67. The van der Waals surface area contributed by atoms with E-state index >= 15 is 0 Å². The second-order valence-corrected chi connectivity index (χ2v) is 6.65. The maximum atomic E-state index is 12.8. The van der Waals surface area contributed by atoms with Gasteiger partial charge in [0.1, 0.15) is 12.3 Å². The van der Waals surface area contributed by atoms with E-state index in [1.54, 1.807) is 25.4 Å². The number of nitrogens with zero attached hydrogens (tertiary/aromatic N) is 4. The molecule has 3 aromatic heterocycles. The number of aromatic nitrogens is 4. The fourth-order valence-corrected chi connectivity index (χ4v) is 2.90. The number of amides is 1. The first-order valence-electron chi connectivity index (χ1n) is 9.50. The van der Waals surface area contributed by atoms with Crippen LogP contribution >= 0.6 is 0 Å². The molecule has 156 valence electrons. The quantitative estimate of drug-likeness (QED) is 0.491. The Morgan fingerprint density at radius 3 is 2.71 bits per heavy atom. The molecule has 9 nitrogen and oxygen atoms in total. The SMILES string of the molecule is Cn1ccc(=O)c(OCc2ccccc2)c1C(=O)NCc1nc(-c2ccccn2)no1. The highest BCUT2D eigenvalue weighted by molar-refractivity contribution is 5.95. The minimum atomic E-state index is -0.499. The van der Waals surface area contributed by atoms with Gasteiger partial charge in [-0.05, 0) is 17.7 Å². The minimum Gasteiger partial charge on any atom is -0.483 e. The molecular formula is C22H19N5O4.